The summed E-state index contributed by atoms with van der Waals surface area (Å²) in [7, 11) is 0. The summed E-state index contributed by atoms with van der Waals surface area (Å²) in [5.41, 5.74) is 0. The van der Waals surface area contributed by atoms with Crippen molar-refractivity contribution in [1.29, 1.82) is 0 Å². The first kappa shape index (κ1) is 8.36. The van der Waals surface area contributed by atoms with Crippen molar-refractivity contribution in [2.24, 2.45) is 0 Å². The zero-order valence-corrected chi connectivity index (χ0v) is 4.88. The highest BCUT2D eigenvalue weighted by atomic mass is 19.1. The Morgan fingerprint density at radius 1 is 1.67 bits per heavy atom. The Morgan fingerprint density at radius 2 is 2.22 bits per heavy atom. The molecule has 0 heterocycles. The molecule has 54 valence electrons. The number of alkyl halides is 1. The molecule has 0 amide bonds. The number of aliphatic carboxylic acids is 1. The molecule has 3 nitrogen and oxygen atoms in total. The summed E-state index contributed by atoms with van der Waals surface area (Å²) >= 11 is 0. The molecular weight excluding hydrogens is 127 g/mol. The molecule has 0 aliphatic heterocycles. The van der Waals surface area contributed by atoms with E-state index >= 15 is 0 Å². The van der Waals surface area contributed by atoms with E-state index in [1.165, 1.54) is 0 Å². The van der Waals surface area contributed by atoms with E-state index in [9.17, 15) is 9.18 Å². The summed E-state index contributed by atoms with van der Waals surface area (Å²) in [4.78, 5) is 9.79. The fourth-order valence-corrected chi connectivity index (χ4v) is 0.367. The highest BCUT2D eigenvalue weighted by Gasteiger charge is 2.04. The van der Waals surface area contributed by atoms with Crippen molar-refractivity contribution >= 4 is 5.97 Å². The van der Waals surface area contributed by atoms with E-state index in [-0.39, 0.29) is 12.8 Å². The number of carboxylic acid groups (broad SMARTS) is 1. The van der Waals surface area contributed by atoms with E-state index in [0.717, 1.165) is 0 Å². The third-order valence-corrected chi connectivity index (χ3v) is 0.870. The van der Waals surface area contributed by atoms with Crippen molar-refractivity contribution in [2.45, 2.75) is 18.9 Å². The Bertz CT molecular complexity index is 94.2. The molecular formula is C5H9FO3. The van der Waals surface area contributed by atoms with Gasteiger partial charge in [0.2, 0.25) is 0 Å². The molecule has 0 bridgehead atoms. The van der Waals surface area contributed by atoms with Gasteiger partial charge in [0, 0.05) is 6.42 Å². The molecule has 0 fully saturated rings. The van der Waals surface area contributed by atoms with Gasteiger partial charge in [-0.2, -0.15) is 0 Å². The molecule has 1 atom stereocenters. The van der Waals surface area contributed by atoms with Crippen LogP contribution in [0.3, 0.4) is 0 Å². The first-order chi connectivity index (χ1) is 4.16. The maximum atomic E-state index is 11.4. The average molecular weight is 136 g/mol. The predicted molar refractivity (Wildman–Crippen MR) is 28.9 cm³/mol. The summed E-state index contributed by atoms with van der Waals surface area (Å²) in [6.45, 7) is -0.868. The second kappa shape index (κ2) is 4.26. The van der Waals surface area contributed by atoms with Crippen LogP contribution in [0.4, 0.5) is 4.39 Å². The highest BCUT2D eigenvalue weighted by Crippen LogP contribution is 1.96. The van der Waals surface area contributed by atoms with Crippen LogP contribution < -0.4 is 0 Å². The number of aliphatic hydroxyl groups is 1. The Morgan fingerprint density at radius 3 is 2.56 bits per heavy atom. The lowest BCUT2D eigenvalue weighted by molar-refractivity contribution is -0.137. The number of halogens is 1. The Kier molecular flexibility index (Phi) is 3.96. The number of rotatable bonds is 4. The van der Waals surface area contributed by atoms with Crippen LogP contribution in [0.5, 0.6) is 0 Å². The minimum Gasteiger partial charge on any atom is -0.481 e. The molecule has 0 radical (unpaired) electrons. The smallest absolute Gasteiger partial charge is 0.303 e. The van der Waals surface area contributed by atoms with Gasteiger partial charge in [-0.3, -0.25) is 4.79 Å². The lowest BCUT2D eigenvalue weighted by Gasteiger charge is -2.00. The van der Waals surface area contributed by atoms with Crippen molar-refractivity contribution in [3.8, 4) is 0 Å². The van der Waals surface area contributed by atoms with E-state index in [4.69, 9.17) is 10.2 Å². The van der Waals surface area contributed by atoms with Crippen molar-refractivity contribution in [2.75, 3.05) is 6.67 Å². The van der Waals surface area contributed by atoms with Crippen LogP contribution in [0, 0.1) is 0 Å². The van der Waals surface area contributed by atoms with Gasteiger partial charge in [0.05, 0.1) is 6.10 Å². The maximum Gasteiger partial charge on any atom is 0.303 e. The topological polar surface area (TPSA) is 57.5 Å². The number of aliphatic hydroxyl groups excluding tert-OH is 1. The van der Waals surface area contributed by atoms with Crippen molar-refractivity contribution < 1.29 is 19.4 Å². The van der Waals surface area contributed by atoms with E-state index in [2.05, 4.69) is 0 Å². The molecule has 0 spiro atoms. The zero-order valence-electron chi connectivity index (χ0n) is 4.88. The number of carbonyl (C=O) groups is 1. The van der Waals surface area contributed by atoms with Crippen LogP contribution in [0.2, 0.25) is 0 Å². The summed E-state index contributed by atoms with van der Waals surface area (Å²) in [6.07, 6.45) is -1.29. The average Bonchev–Trinajstić information content (AvgIpc) is 1.83. The van der Waals surface area contributed by atoms with Gasteiger partial charge >= 0.3 is 5.97 Å². The van der Waals surface area contributed by atoms with Gasteiger partial charge in [-0.15, -0.1) is 0 Å². The summed E-state index contributed by atoms with van der Waals surface area (Å²) in [6, 6.07) is 0. The predicted octanol–water partition coefficient (Wildman–Crippen LogP) is 0.182. The standard InChI is InChI=1S/C5H9FO3/c6-3-4(7)1-2-5(8)9/h4,7H,1-3H2,(H,8,9). The Balaban J connectivity index is 3.16. The van der Waals surface area contributed by atoms with Crippen molar-refractivity contribution in [1.82, 2.24) is 0 Å². The second-order valence-electron chi connectivity index (χ2n) is 1.74. The minimum absolute atomic E-state index is 0.00810. The van der Waals surface area contributed by atoms with E-state index in [1.54, 1.807) is 0 Å². The van der Waals surface area contributed by atoms with Gasteiger partial charge in [0.1, 0.15) is 6.67 Å². The van der Waals surface area contributed by atoms with Gasteiger partial charge in [0.15, 0.2) is 0 Å². The van der Waals surface area contributed by atoms with E-state index < -0.39 is 18.7 Å². The van der Waals surface area contributed by atoms with Gasteiger partial charge in [-0.1, -0.05) is 0 Å². The van der Waals surface area contributed by atoms with E-state index in [0.29, 0.717) is 0 Å². The molecule has 2 N–H and O–H groups in total. The Labute approximate surface area is 52.1 Å². The minimum atomic E-state index is -1.11. The number of carboxylic acids is 1. The normalized spacial score (nSPS) is 13.1. The summed E-state index contributed by atoms with van der Waals surface area (Å²) < 4.78 is 11.4. The van der Waals surface area contributed by atoms with E-state index in [1.807, 2.05) is 0 Å². The number of hydrogen-bond donors (Lipinski definition) is 2. The zero-order chi connectivity index (χ0) is 7.28. The summed E-state index contributed by atoms with van der Waals surface area (Å²) in [5, 5.41) is 16.5. The maximum absolute atomic E-state index is 11.4. The van der Waals surface area contributed by atoms with Crippen LogP contribution in [0.15, 0.2) is 0 Å². The fourth-order valence-electron chi connectivity index (χ4n) is 0.367. The largest absolute Gasteiger partial charge is 0.481 e. The number of hydrogen-bond acceptors (Lipinski definition) is 2. The molecule has 4 heteroatoms. The molecule has 0 aromatic heterocycles. The third kappa shape index (κ3) is 5.23. The Hall–Kier alpha value is -0.640. The molecule has 0 aliphatic rings. The van der Waals surface area contributed by atoms with Crippen molar-refractivity contribution in [3.63, 3.8) is 0 Å². The van der Waals surface area contributed by atoms with Gasteiger partial charge < -0.3 is 10.2 Å². The fraction of sp³-hybridized carbons (Fsp3) is 0.800. The molecule has 0 aromatic carbocycles. The molecule has 0 saturated carbocycles. The lowest BCUT2D eigenvalue weighted by atomic mass is 10.2. The molecule has 0 rings (SSSR count). The molecule has 0 saturated heterocycles. The molecule has 0 aliphatic carbocycles. The van der Waals surface area contributed by atoms with Crippen LogP contribution in [0.1, 0.15) is 12.8 Å². The quantitative estimate of drug-likeness (QED) is 0.579. The molecule has 0 aromatic rings. The van der Waals surface area contributed by atoms with Crippen LogP contribution in [-0.2, 0) is 4.79 Å². The lowest BCUT2D eigenvalue weighted by Crippen LogP contribution is -2.10. The first-order valence-corrected chi connectivity index (χ1v) is 2.62. The van der Waals surface area contributed by atoms with Gasteiger partial charge in [0.25, 0.3) is 0 Å². The molecule has 1 unspecified atom stereocenters. The van der Waals surface area contributed by atoms with Crippen LogP contribution in [-0.4, -0.2) is 29.0 Å². The van der Waals surface area contributed by atoms with Crippen LogP contribution in [0.25, 0.3) is 0 Å². The molecule has 9 heavy (non-hydrogen) atoms. The highest BCUT2D eigenvalue weighted by molar-refractivity contribution is 5.66. The van der Waals surface area contributed by atoms with Crippen molar-refractivity contribution in [3.05, 3.63) is 0 Å². The third-order valence-electron chi connectivity index (χ3n) is 0.870. The first-order valence-electron chi connectivity index (χ1n) is 2.62. The second-order valence-corrected chi connectivity index (χ2v) is 1.74. The monoisotopic (exact) mass is 136 g/mol. The summed E-state index contributed by atoms with van der Waals surface area (Å²) in [5.74, 6) is -1.01. The van der Waals surface area contributed by atoms with Gasteiger partial charge in [-0.25, -0.2) is 4.39 Å². The SMILES string of the molecule is O=C(O)CCC(O)CF. The van der Waals surface area contributed by atoms with Crippen LogP contribution >= 0.6 is 0 Å². The van der Waals surface area contributed by atoms with Gasteiger partial charge in [-0.05, 0) is 6.42 Å².